The number of rotatable bonds is 11. The number of amides is 5. The lowest BCUT2D eigenvalue weighted by atomic mass is 10.1. The van der Waals surface area contributed by atoms with Gasteiger partial charge in [0.15, 0.2) is 28.1 Å². The molecule has 266 valence electrons. The number of hydrogen-bond acceptors (Lipinski definition) is 15. The molecule has 5 amide bonds. The Bertz CT molecular complexity index is 1920. The molecule has 2 aromatic rings. The number of oxime groups is 1. The van der Waals surface area contributed by atoms with E-state index in [9.17, 15) is 49.2 Å². The zero-order valence-electron chi connectivity index (χ0n) is 25.5. The van der Waals surface area contributed by atoms with Gasteiger partial charge in [0.25, 0.3) is 11.8 Å². The zero-order valence-corrected chi connectivity index (χ0v) is 28.6. The summed E-state index contributed by atoms with van der Waals surface area (Å²) in [4.78, 5) is 85.8. The van der Waals surface area contributed by atoms with Crippen LogP contribution in [0.1, 0.15) is 25.1 Å². The molecule has 50 heavy (non-hydrogen) atoms. The summed E-state index contributed by atoms with van der Waals surface area (Å²) < 4.78 is -0.0986. The number of β-lactam (4-membered cyclic amide) rings is 1. The Hall–Kier alpha value is -5.06. The highest BCUT2D eigenvalue weighted by Crippen LogP contribution is 2.50. The van der Waals surface area contributed by atoms with Crippen molar-refractivity contribution in [1.82, 2.24) is 25.1 Å². The smallest absolute Gasteiger partial charge is 0.350 e. The number of carboxylic acid groups (broad SMARTS) is 2. The zero-order chi connectivity index (χ0) is 37.0. The van der Waals surface area contributed by atoms with E-state index in [0.29, 0.717) is 11.8 Å². The van der Waals surface area contributed by atoms with Crippen molar-refractivity contribution >= 4 is 98.5 Å². The highest BCUT2D eigenvalue weighted by atomic mass is 35.5. The number of nitrogen functional groups attached to an aromatic ring is 1. The number of nitrogens with two attached hydrogens (primary N) is 2. The first-order chi connectivity index (χ1) is 23.3. The highest BCUT2D eigenvalue weighted by molar-refractivity contribution is 8.02. The molecule has 3 aliphatic heterocycles. The fraction of sp³-hybridized carbons (Fsp3) is 0.346. The maximum atomic E-state index is 13.6. The molecule has 0 saturated carbocycles. The summed E-state index contributed by atoms with van der Waals surface area (Å²) >= 11 is 13.7. The number of nitrogens with one attached hydrogen (secondary N) is 1. The summed E-state index contributed by atoms with van der Waals surface area (Å²) in [6.45, 7) is 1.33. The number of primary amides is 1. The van der Waals surface area contributed by atoms with E-state index >= 15 is 0 Å². The number of fused-ring (bicyclic) bond motifs is 1. The van der Waals surface area contributed by atoms with Gasteiger partial charge in [0.1, 0.15) is 21.4 Å². The summed E-state index contributed by atoms with van der Waals surface area (Å²) in [6, 6.07) is -0.198. The number of phenolic OH excluding ortho intramolecular Hbond substituents is 2. The first-order valence-electron chi connectivity index (χ1n) is 13.9. The van der Waals surface area contributed by atoms with Gasteiger partial charge in [-0.3, -0.25) is 19.3 Å². The summed E-state index contributed by atoms with van der Waals surface area (Å²) in [5.41, 5.74) is 7.56. The molecule has 0 spiro atoms. The van der Waals surface area contributed by atoms with Crippen LogP contribution in [-0.2, 0) is 28.8 Å². The van der Waals surface area contributed by atoms with E-state index in [1.165, 1.54) is 0 Å². The van der Waals surface area contributed by atoms with Crippen LogP contribution >= 0.6 is 46.3 Å². The minimum atomic E-state index is -2.08. The van der Waals surface area contributed by atoms with Gasteiger partial charge in [0, 0.05) is 12.1 Å². The number of carbonyl (C=O) groups is 6. The van der Waals surface area contributed by atoms with Crippen molar-refractivity contribution < 1.29 is 54.0 Å². The Labute approximate surface area is 298 Å². The molecule has 3 aliphatic rings. The SMILES string of the molecule is CC(C)(O/N=C(\C(=O)N[C@@H]1C(=O)N2C[C@@](C(=O)O)(N3CCN(/N=C(\C(N)=O)c4ccc(O)c(O)c4Cl)C3=O)S[C@H]12)c1nc(N)sc1Cl)C(=O)O. The van der Waals surface area contributed by atoms with Gasteiger partial charge in [0.05, 0.1) is 18.1 Å². The molecule has 3 atom stereocenters. The Balaban J connectivity index is 1.39. The summed E-state index contributed by atoms with van der Waals surface area (Å²) in [5, 5.41) is 48.7. The van der Waals surface area contributed by atoms with Crippen molar-refractivity contribution in [2.24, 2.45) is 16.0 Å². The van der Waals surface area contributed by atoms with Crippen LogP contribution in [0.4, 0.5) is 9.93 Å². The number of halogens is 2. The molecule has 24 heteroatoms. The summed E-state index contributed by atoms with van der Waals surface area (Å²) in [5.74, 6) is -7.26. The van der Waals surface area contributed by atoms with Crippen molar-refractivity contribution in [3.63, 3.8) is 0 Å². The quantitative estimate of drug-likeness (QED) is 0.0676. The van der Waals surface area contributed by atoms with Crippen LogP contribution in [-0.4, -0.2) is 129 Å². The van der Waals surface area contributed by atoms with Crippen LogP contribution in [0.15, 0.2) is 22.4 Å². The molecule has 3 fully saturated rings. The van der Waals surface area contributed by atoms with Crippen LogP contribution in [0, 0.1) is 0 Å². The van der Waals surface area contributed by atoms with E-state index in [1.807, 2.05) is 0 Å². The van der Waals surface area contributed by atoms with Crippen LogP contribution in [0.3, 0.4) is 0 Å². The number of aromatic nitrogens is 1. The van der Waals surface area contributed by atoms with Crippen LogP contribution < -0.4 is 16.8 Å². The maximum absolute atomic E-state index is 13.6. The molecular weight excluding hydrogens is 749 g/mol. The van der Waals surface area contributed by atoms with Crippen molar-refractivity contribution in [2.75, 3.05) is 25.4 Å². The first kappa shape index (κ1) is 36.2. The lowest BCUT2D eigenvalue weighted by Gasteiger charge is -2.41. The van der Waals surface area contributed by atoms with E-state index in [0.717, 1.165) is 52.1 Å². The Morgan fingerprint density at radius 1 is 1.14 bits per heavy atom. The van der Waals surface area contributed by atoms with Gasteiger partial charge in [-0.05, 0) is 26.0 Å². The predicted molar refractivity (Wildman–Crippen MR) is 176 cm³/mol. The van der Waals surface area contributed by atoms with E-state index in [4.69, 9.17) is 39.5 Å². The molecule has 5 rings (SSSR count). The van der Waals surface area contributed by atoms with E-state index in [2.05, 4.69) is 20.6 Å². The largest absolute Gasteiger partial charge is 0.504 e. The number of hydrazone groups is 1. The number of carbonyl (C=O) groups excluding carboxylic acids is 4. The number of aliphatic carboxylic acids is 2. The third-order valence-corrected chi connectivity index (χ3v) is 10.8. The van der Waals surface area contributed by atoms with E-state index in [1.54, 1.807) is 0 Å². The molecule has 0 unspecified atom stereocenters. The number of nitrogens with zero attached hydrogens (tertiary/aromatic N) is 6. The fourth-order valence-electron chi connectivity index (χ4n) is 4.92. The number of carboxylic acids is 2. The molecule has 9 N–H and O–H groups in total. The predicted octanol–water partition coefficient (Wildman–Crippen LogP) is -0.165. The average molecular weight is 775 g/mol. The number of benzene rings is 1. The number of thioether (sulfide) groups is 1. The third-order valence-electron chi connectivity index (χ3n) is 7.61. The number of thiazole rings is 1. The number of phenols is 2. The molecule has 1 aromatic heterocycles. The number of aromatic hydroxyl groups is 2. The van der Waals surface area contributed by atoms with Crippen LogP contribution in [0.2, 0.25) is 9.36 Å². The third kappa shape index (κ3) is 6.14. The first-order valence-corrected chi connectivity index (χ1v) is 16.4. The molecule has 0 bridgehead atoms. The minimum absolute atomic E-state index is 0.0626. The molecule has 0 radical (unpaired) electrons. The highest BCUT2D eigenvalue weighted by Gasteiger charge is 2.66. The van der Waals surface area contributed by atoms with Gasteiger partial charge in [-0.2, -0.15) is 5.10 Å². The Morgan fingerprint density at radius 3 is 2.40 bits per heavy atom. The maximum Gasteiger partial charge on any atom is 0.350 e. The van der Waals surface area contributed by atoms with E-state index < -0.39 is 92.1 Å². The second-order valence-corrected chi connectivity index (χ2v) is 14.6. The van der Waals surface area contributed by atoms with Crippen LogP contribution in [0.25, 0.3) is 0 Å². The van der Waals surface area contributed by atoms with Crippen molar-refractivity contribution in [2.45, 2.75) is 35.7 Å². The van der Waals surface area contributed by atoms with Crippen molar-refractivity contribution in [1.29, 1.82) is 0 Å². The Kier molecular flexibility index (Phi) is 9.42. The summed E-state index contributed by atoms with van der Waals surface area (Å²) in [6.07, 6.45) is 0. The topological polar surface area (TPSA) is 304 Å². The average Bonchev–Trinajstić information content (AvgIpc) is 3.70. The van der Waals surface area contributed by atoms with Gasteiger partial charge in [0.2, 0.25) is 16.4 Å². The standard InChI is InChI=1S/C26H25Cl2N9O11S2/c1-25(2,21(43)44)48-34-13(12-16(28)49-23(30)32-12)18(41)31-14-19(42)35-7-26(22(45)46,50-20(14)35)36-5-6-37(24(36)47)33-11(17(29)40)8-3-4-9(38)15(39)10(8)27/h3-4,14,20,38-39H,5-7H2,1-2H3,(H2,29,40)(H2,30,32)(H,31,41)(H,43,44)(H,45,46)/b33-11-,34-13-/t14-,20-,26-/m1/s1. The Morgan fingerprint density at radius 2 is 1.82 bits per heavy atom. The molecular formula is C26H25Cl2N9O11S2. The monoisotopic (exact) mass is 773 g/mol. The fourth-order valence-corrected chi connectivity index (χ4v) is 7.73. The van der Waals surface area contributed by atoms with Crippen molar-refractivity contribution in [3.8, 4) is 11.5 Å². The van der Waals surface area contributed by atoms with E-state index in [-0.39, 0.29) is 33.8 Å². The number of anilines is 1. The minimum Gasteiger partial charge on any atom is -0.504 e. The number of hydrogen-bond donors (Lipinski definition) is 7. The molecule has 3 saturated heterocycles. The van der Waals surface area contributed by atoms with Gasteiger partial charge < -0.3 is 46.9 Å². The van der Waals surface area contributed by atoms with Crippen molar-refractivity contribution in [3.05, 3.63) is 32.7 Å². The van der Waals surface area contributed by atoms with Gasteiger partial charge in [-0.25, -0.2) is 24.4 Å². The molecule has 1 aromatic carbocycles. The summed E-state index contributed by atoms with van der Waals surface area (Å²) in [7, 11) is 0. The second-order valence-electron chi connectivity index (χ2n) is 11.2. The second kappa shape index (κ2) is 13.0. The number of urea groups is 1. The van der Waals surface area contributed by atoms with Gasteiger partial charge in [-0.1, -0.05) is 51.5 Å². The molecule has 4 heterocycles. The van der Waals surface area contributed by atoms with Gasteiger partial charge in [-0.15, -0.1) is 0 Å². The normalized spacial score (nSPS) is 22.4. The lowest BCUT2D eigenvalue weighted by molar-refractivity contribution is -0.161. The molecule has 20 nitrogen and oxygen atoms in total. The van der Waals surface area contributed by atoms with Gasteiger partial charge >= 0.3 is 18.0 Å². The van der Waals surface area contributed by atoms with Crippen LogP contribution in [0.5, 0.6) is 11.5 Å². The lowest BCUT2D eigenvalue weighted by Crippen LogP contribution is -2.68. The molecule has 0 aliphatic carbocycles.